The number of rotatable bonds is 5. The molecule has 1 fully saturated rings. The molecule has 8 heteroatoms. The zero-order valence-electron chi connectivity index (χ0n) is 16.2. The Morgan fingerprint density at radius 2 is 1.81 bits per heavy atom. The zero-order chi connectivity index (χ0) is 18.2. The highest BCUT2D eigenvalue weighted by Gasteiger charge is 2.11. The van der Waals surface area contributed by atoms with Crippen LogP contribution in [0.15, 0.2) is 35.6 Å². The van der Waals surface area contributed by atoms with Gasteiger partial charge in [-0.3, -0.25) is 9.67 Å². The number of anilines is 1. The first-order chi connectivity index (χ1) is 12.8. The minimum atomic E-state index is 0. The highest BCUT2D eigenvalue weighted by atomic mass is 127. The third-order valence-electron chi connectivity index (χ3n) is 4.78. The van der Waals surface area contributed by atoms with E-state index in [0.29, 0.717) is 13.1 Å². The van der Waals surface area contributed by atoms with E-state index < -0.39 is 0 Å². The first-order valence-corrected chi connectivity index (χ1v) is 9.37. The second-order valence-electron chi connectivity index (χ2n) is 6.65. The highest BCUT2D eigenvalue weighted by Crippen LogP contribution is 2.18. The summed E-state index contributed by atoms with van der Waals surface area (Å²) in [5, 5.41) is 10.9. The number of guanidine groups is 1. The van der Waals surface area contributed by atoms with Crippen LogP contribution in [0, 0.1) is 0 Å². The number of nitrogens with one attached hydrogen (secondary N) is 2. The molecule has 3 rings (SSSR count). The molecule has 0 aromatic carbocycles. The van der Waals surface area contributed by atoms with Gasteiger partial charge in [-0.2, -0.15) is 5.10 Å². The number of nitrogens with zero attached hydrogens (tertiary/aromatic N) is 5. The zero-order valence-corrected chi connectivity index (χ0v) is 18.5. The molecule has 0 bridgehead atoms. The Balaban J connectivity index is 0.00000261. The molecule has 27 heavy (non-hydrogen) atoms. The van der Waals surface area contributed by atoms with Crippen LogP contribution in [0.2, 0.25) is 0 Å². The monoisotopic (exact) mass is 483 g/mol. The van der Waals surface area contributed by atoms with Crippen LogP contribution in [0.1, 0.15) is 36.9 Å². The molecule has 148 valence electrons. The third-order valence-corrected chi connectivity index (χ3v) is 4.78. The fourth-order valence-corrected chi connectivity index (χ4v) is 3.20. The van der Waals surface area contributed by atoms with Gasteiger partial charge in [0.1, 0.15) is 5.82 Å². The lowest BCUT2D eigenvalue weighted by Crippen LogP contribution is -2.36. The van der Waals surface area contributed by atoms with E-state index in [0.717, 1.165) is 30.6 Å². The lowest BCUT2D eigenvalue weighted by atomic mass is 10.2. The van der Waals surface area contributed by atoms with Crippen LogP contribution in [0.5, 0.6) is 0 Å². The van der Waals surface area contributed by atoms with Crippen molar-refractivity contribution in [3.8, 4) is 0 Å². The molecule has 1 aliphatic rings. The van der Waals surface area contributed by atoms with Crippen LogP contribution in [0.3, 0.4) is 0 Å². The first-order valence-electron chi connectivity index (χ1n) is 9.37. The Morgan fingerprint density at radius 3 is 2.48 bits per heavy atom. The van der Waals surface area contributed by atoms with Crippen molar-refractivity contribution in [2.75, 3.05) is 25.0 Å². The molecule has 0 amide bonds. The number of aliphatic imine (C=N–C) groups is 1. The molecular formula is C19H30IN7. The maximum absolute atomic E-state index is 4.57. The van der Waals surface area contributed by atoms with Gasteiger partial charge in [-0.1, -0.05) is 12.8 Å². The molecular weight excluding hydrogens is 453 g/mol. The second-order valence-corrected chi connectivity index (χ2v) is 6.65. The SMILES string of the molecule is CN=C(NCc1ccnc(N2CCCCCC2)c1)NCc1ccnn1C.I. The second kappa shape index (κ2) is 11.1. The average molecular weight is 483 g/mol. The van der Waals surface area contributed by atoms with Gasteiger partial charge in [0.2, 0.25) is 0 Å². The molecule has 0 radical (unpaired) electrons. The van der Waals surface area contributed by atoms with E-state index in [1.807, 2.05) is 24.0 Å². The maximum atomic E-state index is 4.57. The van der Waals surface area contributed by atoms with E-state index in [1.54, 1.807) is 13.2 Å². The highest BCUT2D eigenvalue weighted by molar-refractivity contribution is 14.0. The summed E-state index contributed by atoms with van der Waals surface area (Å²) < 4.78 is 1.86. The number of pyridine rings is 1. The molecule has 1 saturated heterocycles. The molecule has 0 unspecified atom stereocenters. The smallest absolute Gasteiger partial charge is 0.191 e. The fraction of sp³-hybridized carbons (Fsp3) is 0.526. The van der Waals surface area contributed by atoms with Gasteiger partial charge < -0.3 is 15.5 Å². The predicted octanol–water partition coefficient (Wildman–Crippen LogP) is 2.68. The van der Waals surface area contributed by atoms with Crippen molar-refractivity contribution in [2.24, 2.45) is 12.0 Å². The van der Waals surface area contributed by atoms with Crippen molar-refractivity contribution in [1.29, 1.82) is 0 Å². The summed E-state index contributed by atoms with van der Waals surface area (Å²) >= 11 is 0. The minimum Gasteiger partial charge on any atom is -0.357 e. The minimum absolute atomic E-state index is 0. The van der Waals surface area contributed by atoms with E-state index in [4.69, 9.17) is 0 Å². The van der Waals surface area contributed by atoms with E-state index in [1.165, 1.54) is 31.2 Å². The molecule has 3 heterocycles. The molecule has 0 aliphatic carbocycles. The van der Waals surface area contributed by atoms with Gasteiger partial charge in [-0.15, -0.1) is 24.0 Å². The van der Waals surface area contributed by atoms with Gasteiger partial charge in [-0.05, 0) is 36.6 Å². The molecule has 1 aliphatic heterocycles. The Labute approximate surface area is 178 Å². The van der Waals surface area contributed by atoms with E-state index in [2.05, 4.69) is 42.7 Å². The van der Waals surface area contributed by atoms with Crippen molar-refractivity contribution in [3.63, 3.8) is 0 Å². The van der Waals surface area contributed by atoms with Crippen molar-refractivity contribution in [2.45, 2.75) is 38.8 Å². The van der Waals surface area contributed by atoms with Crippen LogP contribution >= 0.6 is 24.0 Å². The summed E-state index contributed by atoms with van der Waals surface area (Å²) in [6.07, 6.45) is 8.88. The Morgan fingerprint density at radius 1 is 1.07 bits per heavy atom. The number of hydrogen-bond donors (Lipinski definition) is 2. The van der Waals surface area contributed by atoms with Crippen molar-refractivity contribution in [1.82, 2.24) is 25.4 Å². The van der Waals surface area contributed by atoms with Crippen LogP contribution in [-0.2, 0) is 20.1 Å². The van der Waals surface area contributed by atoms with Crippen molar-refractivity contribution in [3.05, 3.63) is 41.9 Å². The molecule has 2 N–H and O–H groups in total. The van der Waals surface area contributed by atoms with Crippen LogP contribution in [-0.4, -0.2) is 40.9 Å². The average Bonchev–Trinajstić information content (AvgIpc) is 2.91. The predicted molar refractivity (Wildman–Crippen MR) is 121 cm³/mol. The molecule has 7 nitrogen and oxygen atoms in total. The fourth-order valence-electron chi connectivity index (χ4n) is 3.20. The normalized spacial score (nSPS) is 15.0. The lowest BCUT2D eigenvalue weighted by Gasteiger charge is -2.22. The largest absolute Gasteiger partial charge is 0.357 e. The number of aromatic nitrogens is 3. The van der Waals surface area contributed by atoms with Gasteiger partial charge in [0.05, 0.1) is 12.2 Å². The summed E-state index contributed by atoms with van der Waals surface area (Å²) in [6, 6.07) is 6.24. The van der Waals surface area contributed by atoms with E-state index in [9.17, 15) is 0 Å². The van der Waals surface area contributed by atoms with Crippen LogP contribution < -0.4 is 15.5 Å². The number of aryl methyl sites for hydroxylation is 1. The topological polar surface area (TPSA) is 70.4 Å². The molecule has 0 spiro atoms. The third kappa shape index (κ3) is 6.37. The summed E-state index contributed by atoms with van der Waals surface area (Å²) in [5.74, 6) is 1.86. The summed E-state index contributed by atoms with van der Waals surface area (Å²) in [5.41, 5.74) is 2.32. The van der Waals surface area contributed by atoms with Gasteiger partial charge >= 0.3 is 0 Å². The summed E-state index contributed by atoms with van der Waals surface area (Å²) in [7, 11) is 3.72. The first kappa shape index (κ1) is 21.5. The van der Waals surface area contributed by atoms with E-state index in [-0.39, 0.29) is 24.0 Å². The van der Waals surface area contributed by atoms with Gasteiger partial charge in [0, 0.05) is 46.1 Å². The molecule has 2 aromatic rings. The summed E-state index contributed by atoms with van der Waals surface area (Å²) in [6.45, 7) is 3.62. The van der Waals surface area contributed by atoms with Crippen molar-refractivity contribution < 1.29 is 0 Å². The van der Waals surface area contributed by atoms with E-state index >= 15 is 0 Å². The standard InChI is InChI=1S/C19H29N7.HI/c1-20-19(23-15-17-8-10-24-25(17)2)22-14-16-7-9-21-18(13-16)26-11-5-3-4-6-12-26;/h7-10,13H,3-6,11-12,14-15H2,1-2H3,(H2,20,22,23);1H. The molecule has 2 aromatic heterocycles. The maximum Gasteiger partial charge on any atom is 0.191 e. The van der Waals surface area contributed by atoms with Gasteiger partial charge in [-0.25, -0.2) is 4.98 Å². The lowest BCUT2D eigenvalue weighted by molar-refractivity contribution is 0.684. The Hall–Kier alpha value is -1.84. The van der Waals surface area contributed by atoms with Gasteiger partial charge in [0.25, 0.3) is 0 Å². The number of hydrogen-bond acceptors (Lipinski definition) is 4. The molecule has 0 atom stereocenters. The van der Waals surface area contributed by atoms with Crippen LogP contribution in [0.4, 0.5) is 5.82 Å². The van der Waals surface area contributed by atoms with Crippen molar-refractivity contribution >= 4 is 35.8 Å². The molecule has 0 saturated carbocycles. The number of halogens is 1. The van der Waals surface area contributed by atoms with Gasteiger partial charge in [0.15, 0.2) is 5.96 Å². The quantitative estimate of drug-likeness (QED) is 0.389. The Bertz CT molecular complexity index is 720. The summed E-state index contributed by atoms with van der Waals surface area (Å²) in [4.78, 5) is 11.3. The Kier molecular flexibility index (Phi) is 8.83. The van der Waals surface area contributed by atoms with Crippen LogP contribution in [0.25, 0.3) is 0 Å².